The predicted octanol–water partition coefficient (Wildman–Crippen LogP) is 4.03. The Morgan fingerprint density at radius 1 is 0.941 bits per heavy atom. The summed E-state index contributed by atoms with van der Waals surface area (Å²) in [5, 5.41) is 12.5. The van der Waals surface area contributed by atoms with Crippen LogP contribution in [0, 0.1) is 20.8 Å². The highest BCUT2D eigenvalue weighted by molar-refractivity contribution is 5.91. The second-order valence-electron chi connectivity index (χ2n) is 7.68. The number of amides is 1. The number of hydrogen-bond donors (Lipinski definition) is 2. The lowest BCUT2D eigenvalue weighted by atomic mass is 10.2. The fraction of sp³-hybridized carbons (Fsp3) is 0.269. The van der Waals surface area contributed by atoms with Gasteiger partial charge in [0.2, 0.25) is 5.91 Å². The highest BCUT2D eigenvalue weighted by Gasteiger charge is 2.10. The molecule has 0 aliphatic carbocycles. The number of nitrogens with zero attached hydrogens (tertiary/aromatic N) is 2. The summed E-state index contributed by atoms with van der Waals surface area (Å²) in [4.78, 5) is 21.3. The normalized spacial score (nSPS) is 10.9. The van der Waals surface area contributed by atoms with Crippen LogP contribution < -0.4 is 19.5 Å². The molecule has 1 amide bonds. The molecule has 34 heavy (non-hydrogen) atoms. The Morgan fingerprint density at radius 2 is 1.68 bits per heavy atom. The van der Waals surface area contributed by atoms with Crippen LogP contribution in [0.1, 0.15) is 33.9 Å². The summed E-state index contributed by atoms with van der Waals surface area (Å²) in [5.41, 5.74) is 4.99. The van der Waals surface area contributed by atoms with Crippen LogP contribution in [0.3, 0.4) is 0 Å². The molecule has 3 aromatic rings. The van der Waals surface area contributed by atoms with E-state index in [-0.39, 0.29) is 18.3 Å². The molecular weight excluding hydrogens is 434 g/mol. The number of benzene rings is 2. The smallest absolute Gasteiger partial charge is 0.244 e. The minimum atomic E-state index is -0.255. The number of hydrogen-bond acceptors (Lipinski definition) is 7. The van der Waals surface area contributed by atoms with Gasteiger partial charge in [-0.1, -0.05) is 12.1 Å². The van der Waals surface area contributed by atoms with Gasteiger partial charge in [0, 0.05) is 12.6 Å². The summed E-state index contributed by atoms with van der Waals surface area (Å²) in [6, 6.07) is 10.3. The fourth-order valence-corrected chi connectivity index (χ4v) is 3.20. The Balaban J connectivity index is 1.60. The molecule has 0 bridgehead atoms. The van der Waals surface area contributed by atoms with Gasteiger partial charge >= 0.3 is 0 Å². The highest BCUT2D eigenvalue weighted by Crippen LogP contribution is 2.29. The summed E-state index contributed by atoms with van der Waals surface area (Å²) >= 11 is 0. The minimum Gasteiger partial charge on any atom is -0.504 e. The first-order valence-corrected chi connectivity index (χ1v) is 10.7. The van der Waals surface area contributed by atoms with Crippen LogP contribution in [-0.4, -0.2) is 35.2 Å². The molecule has 0 saturated heterocycles. The Hall–Kier alpha value is -4.07. The Bertz CT molecular complexity index is 1210. The van der Waals surface area contributed by atoms with Gasteiger partial charge < -0.3 is 24.6 Å². The minimum absolute atomic E-state index is 0.0440. The standard InChI is InChI=1S/C26H29N3O5/c1-16-17(2)29-21(18(3)28-16)15-34-23-10-7-20(13-25(23)33-5)14-27-26(31)11-8-19-6-9-22(30)24(12-19)32-4/h6-13,30H,14-15H2,1-5H3,(H,27,31)/b11-8+. The van der Waals surface area contributed by atoms with E-state index in [1.807, 2.05) is 39.0 Å². The first kappa shape index (κ1) is 24.6. The lowest BCUT2D eigenvalue weighted by Gasteiger charge is -2.13. The van der Waals surface area contributed by atoms with E-state index < -0.39 is 0 Å². The van der Waals surface area contributed by atoms with Gasteiger partial charge in [-0.2, -0.15) is 0 Å². The van der Waals surface area contributed by atoms with Crippen molar-refractivity contribution in [1.29, 1.82) is 0 Å². The molecule has 0 fully saturated rings. The number of phenols is 1. The molecule has 8 heteroatoms. The van der Waals surface area contributed by atoms with Gasteiger partial charge in [0.25, 0.3) is 0 Å². The fourth-order valence-electron chi connectivity index (χ4n) is 3.20. The molecule has 0 unspecified atom stereocenters. The number of carbonyl (C=O) groups is 1. The van der Waals surface area contributed by atoms with Gasteiger partial charge in [0.1, 0.15) is 6.61 Å². The van der Waals surface area contributed by atoms with E-state index in [2.05, 4.69) is 15.3 Å². The molecule has 0 radical (unpaired) electrons. The SMILES string of the molecule is COc1cc(/C=C/C(=O)NCc2ccc(OCc3nc(C)c(C)nc3C)c(OC)c2)ccc1O. The maximum Gasteiger partial charge on any atom is 0.244 e. The first-order valence-electron chi connectivity index (χ1n) is 10.7. The monoisotopic (exact) mass is 463 g/mol. The molecule has 0 saturated carbocycles. The maximum absolute atomic E-state index is 12.2. The second-order valence-corrected chi connectivity index (χ2v) is 7.68. The van der Waals surface area contributed by atoms with Crippen LogP contribution >= 0.6 is 0 Å². The van der Waals surface area contributed by atoms with Crippen molar-refractivity contribution < 1.29 is 24.1 Å². The quantitative estimate of drug-likeness (QED) is 0.462. The Labute approximate surface area is 199 Å². The third kappa shape index (κ3) is 6.25. The number of carbonyl (C=O) groups excluding carboxylic acids is 1. The molecule has 178 valence electrons. The van der Waals surface area contributed by atoms with Gasteiger partial charge in [-0.3, -0.25) is 14.8 Å². The van der Waals surface area contributed by atoms with Crippen LogP contribution in [0.4, 0.5) is 0 Å². The van der Waals surface area contributed by atoms with Crippen LogP contribution in [-0.2, 0) is 17.9 Å². The number of phenolic OH excluding ortho intramolecular Hbond substituents is 1. The zero-order chi connectivity index (χ0) is 24.7. The second kappa shape index (κ2) is 11.2. The lowest BCUT2D eigenvalue weighted by molar-refractivity contribution is -0.116. The van der Waals surface area contributed by atoms with Gasteiger partial charge in [-0.15, -0.1) is 0 Å². The van der Waals surface area contributed by atoms with Crippen LogP contribution in [0.2, 0.25) is 0 Å². The van der Waals surface area contributed by atoms with E-state index in [9.17, 15) is 9.90 Å². The Kier molecular flexibility index (Phi) is 8.08. The number of rotatable bonds is 9. The van der Waals surface area contributed by atoms with E-state index in [0.29, 0.717) is 23.8 Å². The largest absolute Gasteiger partial charge is 0.504 e. The van der Waals surface area contributed by atoms with E-state index in [4.69, 9.17) is 14.2 Å². The third-order valence-corrected chi connectivity index (χ3v) is 5.27. The summed E-state index contributed by atoms with van der Waals surface area (Å²) in [7, 11) is 3.04. The zero-order valence-electron chi connectivity index (χ0n) is 20.0. The van der Waals surface area contributed by atoms with E-state index in [0.717, 1.165) is 33.9 Å². The van der Waals surface area contributed by atoms with Gasteiger partial charge in [0.15, 0.2) is 23.0 Å². The molecule has 0 spiro atoms. The summed E-state index contributed by atoms with van der Waals surface area (Å²) < 4.78 is 16.5. The summed E-state index contributed by atoms with van der Waals surface area (Å²) in [6.45, 7) is 6.36. The van der Waals surface area contributed by atoms with Crippen molar-refractivity contribution in [3.8, 4) is 23.0 Å². The molecule has 0 atom stereocenters. The van der Waals surface area contributed by atoms with Crippen molar-refractivity contribution in [3.05, 3.63) is 76.4 Å². The number of aryl methyl sites for hydroxylation is 3. The molecule has 0 aliphatic rings. The summed E-state index contributed by atoms with van der Waals surface area (Å²) in [5.74, 6) is 1.28. The predicted molar refractivity (Wildman–Crippen MR) is 129 cm³/mol. The Morgan fingerprint density at radius 3 is 2.41 bits per heavy atom. The van der Waals surface area contributed by atoms with Gasteiger partial charge in [0.05, 0.1) is 37.0 Å². The van der Waals surface area contributed by atoms with Crippen LogP contribution in [0.15, 0.2) is 42.5 Å². The molecule has 3 rings (SSSR count). The average Bonchev–Trinajstić information content (AvgIpc) is 2.83. The van der Waals surface area contributed by atoms with Crippen LogP contribution in [0.25, 0.3) is 6.08 Å². The van der Waals surface area contributed by atoms with Crippen molar-refractivity contribution >= 4 is 12.0 Å². The van der Waals surface area contributed by atoms with Crippen molar-refractivity contribution in [2.24, 2.45) is 0 Å². The van der Waals surface area contributed by atoms with Crippen LogP contribution in [0.5, 0.6) is 23.0 Å². The summed E-state index contributed by atoms with van der Waals surface area (Å²) in [6.07, 6.45) is 3.07. The molecule has 1 heterocycles. The molecule has 8 nitrogen and oxygen atoms in total. The maximum atomic E-state index is 12.2. The number of aromatic hydroxyl groups is 1. The van der Waals surface area contributed by atoms with Crippen molar-refractivity contribution in [2.75, 3.05) is 14.2 Å². The molecule has 2 aromatic carbocycles. The van der Waals surface area contributed by atoms with Gasteiger partial charge in [-0.25, -0.2) is 0 Å². The first-order chi connectivity index (χ1) is 16.3. The number of ether oxygens (including phenoxy) is 3. The van der Waals surface area contributed by atoms with Crippen molar-refractivity contribution in [2.45, 2.75) is 33.9 Å². The highest BCUT2D eigenvalue weighted by atomic mass is 16.5. The van der Waals surface area contributed by atoms with Gasteiger partial charge in [-0.05, 0) is 62.2 Å². The average molecular weight is 464 g/mol. The van der Waals surface area contributed by atoms with E-state index in [1.54, 1.807) is 25.3 Å². The lowest BCUT2D eigenvalue weighted by Crippen LogP contribution is -2.20. The molecular formula is C26H29N3O5. The number of aromatic nitrogens is 2. The number of methoxy groups -OCH3 is 2. The van der Waals surface area contributed by atoms with Crippen molar-refractivity contribution in [3.63, 3.8) is 0 Å². The van der Waals surface area contributed by atoms with E-state index in [1.165, 1.54) is 19.3 Å². The molecule has 2 N–H and O–H groups in total. The zero-order valence-corrected chi connectivity index (χ0v) is 20.0. The topological polar surface area (TPSA) is 103 Å². The van der Waals surface area contributed by atoms with E-state index >= 15 is 0 Å². The third-order valence-electron chi connectivity index (χ3n) is 5.27. The molecule has 1 aromatic heterocycles. The van der Waals surface area contributed by atoms with Crippen molar-refractivity contribution in [1.82, 2.24) is 15.3 Å². The number of nitrogens with one attached hydrogen (secondary N) is 1. The molecule has 0 aliphatic heterocycles.